The van der Waals surface area contributed by atoms with Crippen LogP contribution in [0.2, 0.25) is 0 Å². The van der Waals surface area contributed by atoms with Gasteiger partial charge in [0.25, 0.3) is 5.91 Å². The molecule has 1 fully saturated rings. The Labute approximate surface area is 234 Å². The normalized spacial score (nSPS) is 18.7. The van der Waals surface area contributed by atoms with Gasteiger partial charge in [0.2, 0.25) is 0 Å². The number of hydrogen-bond acceptors (Lipinski definition) is 6. The molecule has 7 nitrogen and oxygen atoms in total. The van der Waals surface area contributed by atoms with E-state index in [9.17, 15) is 14.0 Å². The highest BCUT2D eigenvalue weighted by Gasteiger charge is 2.40. The van der Waals surface area contributed by atoms with E-state index < -0.39 is 6.04 Å². The largest absolute Gasteiger partial charge is 0.369 e. The highest BCUT2D eigenvalue weighted by molar-refractivity contribution is 6.12. The third kappa shape index (κ3) is 5.36. The molecule has 6 rings (SSSR count). The van der Waals surface area contributed by atoms with E-state index in [1.54, 1.807) is 35.5 Å². The fourth-order valence-corrected chi connectivity index (χ4v) is 5.85. The predicted molar refractivity (Wildman–Crippen MR) is 157 cm³/mol. The van der Waals surface area contributed by atoms with Crippen molar-refractivity contribution in [1.29, 1.82) is 0 Å². The molecule has 3 aliphatic rings. The van der Waals surface area contributed by atoms with Gasteiger partial charge in [0, 0.05) is 49.4 Å². The van der Waals surface area contributed by atoms with E-state index in [0.29, 0.717) is 29.8 Å². The summed E-state index contributed by atoms with van der Waals surface area (Å²) in [7, 11) is 0. The van der Waals surface area contributed by atoms with Crippen molar-refractivity contribution in [3.05, 3.63) is 89.7 Å². The smallest absolute Gasteiger partial charge is 0.252 e. The van der Waals surface area contributed by atoms with Gasteiger partial charge in [-0.15, -0.1) is 0 Å². The molecule has 0 aromatic heterocycles. The first-order chi connectivity index (χ1) is 19.6. The van der Waals surface area contributed by atoms with E-state index in [2.05, 4.69) is 39.1 Å². The summed E-state index contributed by atoms with van der Waals surface area (Å²) in [4.78, 5) is 39.3. The van der Waals surface area contributed by atoms with E-state index in [1.807, 2.05) is 23.1 Å². The molecule has 1 atom stereocenters. The number of rotatable bonds is 9. The SMILES string of the molecule is O=C(CCCCN1CCN(c2ccccc2)CC1)c1ccc2c(c1)N(Cc1ccccc1F)C(=O)C1CN=CN21. The lowest BCUT2D eigenvalue weighted by molar-refractivity contribution is -0.119. The summed E-state index contributed by atoms with van der Waals surface area (Å²) < 4.78 is 14.5. The van der Waals surface area contributed by atoms with Crippen LogP contribution in [0.5, 0.6) is 0 Å². The van der Waals surface area contributed by atoms with Gasteiger partial charge in [-0.05, 0) is 55.8 Å². The number of para-hydroxylation sites is 1. The Morgan fingerprint density at radius 1 is 0.900 bits per heavy atom. The number of nitrogens with zero attached hydrogens (tertiary/aromatic N) is 5. The van der Waals surface area contributed by atoms with Crippen LogP contribution in [0, 0.1) is 5.82 Å². The fourth-order valence-electron chi connectivity index (χ4n) is 5.85. The van der Waals surface area contributed by atoms with Crippen LogP contribution in [0.3, 0.4) is 0 Å². The number of carbonyl (C=O) groups excluding carboxylic acids is 2. The maximum atomic E-state index is 14.5. The minimum absolute atomic E-state index is 0.0622. The van der Waals surface area contributed by atoms with Gasteiger partial charge in [0.05, 0.1) is 30.8 Å². The average Bonchev–Trinajstić information content (AvgIpc) is 3.49. The Morgan fingerprint density at radius 2 is 1.68 bits per heavy atom. The number of aliphatic imine (C=N–C) groups is 1. The molecule has 8 heteroatoms. The Kier molecular flexibility index (Phi) is 7.60. The van der Waals surface area contributed by atoms with Crippen molar-refractivity contribution >= 4 is 35.1 Å². The Bertz CT molecular complexity index is 1400. The molecule has 3 aromatic rings. The van der Waals surface area contributed by atoms with Crippen molar-refractivity contribution in [3.63, 3.8) is 0 Å². The van der Waals surface area contributed by atoms with E-state index in [4.69, 9.17) is 0 Å². The summed E-state index contributed by atoms with van der Waals surface area (Å²) in [6.45, 7) is 5.55. The number of piperazine rings is 1. The van der Waals surface area contributed by atoms with Crippen molar-refractivity contribution in [2.24, 2.45) is 4.99 Å². The number of carbonyl (C=O) groups is 2. The summed E-state index contributed by atoms with van der Waals surface area (Å²) in [6.07, 6.45) is 3.92. The van der Waals surface area contributed by atoms with Gasteiger partial charge in [0.1, 0.15) is 11.9 Å². The van der Waals surface area contributed by atoms with Gasteiger partial charge in [-0.3, -0.25) is 19.5 Å². The minimum Gasteiger partial charge on any atom is -0.369 e. The number of Topliss-reactive ketones (excluding diaryl/α,β-unsaturated/α-hetero) is 1. The standard InChI is InChI=1S/C32H34FN5O2/c33-27-11-5-4-8-25(27)22-37-29-20-24(13-14-28(29)38-23-34-21-30(38)32(37)40)31(39)12-6-7-15-35-16-18-36(19-17-35)26-9-2-1-3-10-26/h1-5,8-11,13-14,20,23,30H,6-7,12,15-19,21-22H2. The van der Waals surface area contributed by atoms with Crippen molar-refractivity contribution < 1.29 is 14.0 Å². The zero-order chi connectivity index (χ0) is 27.5. The molecule has 206 valence electrons. The molecular formula is C32H34FN5O2. The van der Waals surface area contributed by atoms with Crippen LogP contribution in [-0.2, 0) is 11.3 Å². The zero-order valence-electron chi connectivity index (χ0n) is 22.6. The topological polar surface area (TPSA) is 59.5 Å². The highest BCUT2D eigenvalue weighted by Crippen LogP contribution is 2.39. The van der Waals surface area contributed by atoms with Crippen molar-refractivity contribution in [2.45, 2.75) is 31.8 Å². The highest BCUT2D eigenvalue weighted by atomic mass is 19.1. The molecular weight excluding hydrogens is 505 g/mol. The van der Waals surface area contributed by atoms with E-state index in [1.165, 1.54) is 11.8 Å². The van der Waals surface area contributed by atoms with Gasteiger partial charge in [-0.1, -0.05) is 36.4 Å². The Balaban J connectivity index is 1.07. The van der Waals surface area contributed by atoms with E-state index >= 15 is 0 Å². The number of unbranched alkanes of at least 4 members (excludes halogenated alkanes) is 1. The van der Waals surface area contributed by atoms with Gasteiger partial charge in [-0.25, -0.2) is 4.39 Å². The third-order valence-corrected chi connectivity index (χ3v) is 8.15. The molecule has 1 unspecified atom stereocenters. The number of fused-ring (bicyclic) bond motifs is 3. The Morgan fingerprint density at radius 3 is 2.48 bits per heavy atom. The molecule has 3 heterocycles. The van der Waals surface area contributed by atoms with Crippen molar-refractivity contribution in [2.75, 3.05) is 54.0 Å². The molecule has 1 amide bonds. The quantitative estimate of drug-likeness (QED) is 0.290. The van der Waals surface area contributed by atoms with Gasteiger partial charge >= 0.3 is 0 Å². The van der Waals surface area contributed by atoms with Crippen LogP contribution >= 0.6 is 0 Å². The molecule has 40 heavy (non-hydrogen) atoms. The second kappa shape index (κ2) is 11.6. The molecule has 0 radical (unpaired) electrons. The summed E-state index contributed by atoms with van der Waals surface area (Å²) in [5.74, 6) is -0.423. The molecule has 3 aliphatic heterocycles. The van der Waals surface area contributed by atoms with Crippen LogP contribution < -0.4 is 14.7 Å². The van der Waals surface area contributed by atoms with Crippen LogP contribution in [-0.4, -0.2) is 68.2 Å². The number of amides is 1. The third-order valence-electron chi connectivity index (χ3n) is 8.15. The summed E-state index contributed by atoms with van der Waals surface area (Å²) in [5, 5.41) is 0. The average molecular weight is 540 g/mol. The molecule has 0 saturated carbocycles. The zero-order valence-corrected chi connectivity index (χ0v) is 22.6. The monoisotopic (exact) mass is 539 g/mol. The molecule has 0 aliphatic carbocycles. The maximum absolute atomic E-state index is 14.5. The van der Waals surface area contributed by atoms with Gasteiger partial charge in [0.15, 0.2) is 5.78 Å². The molecule has 0 bridgehead atoms. The summed E-state index contributed by atoms with van der Waals surface area (Å²) in [6, 6.07) is 22.1. The number of benzene rings is 3. The van der Waals surface area contributed by atoms with Crippen LogP contribution in [0.4, 0.5) is 21.5 Å². The van der Waals surface area contributed by atoms with Crippen LogP contribution in [0.25, 0.3) is 0 Å². The number of anilines is 3. The molecule has 3 aromatic carbocycles. The van der Waals surface area contributed by atoms with Crippen molar-refractivity contribution in [1.82, 2.24) is 4.90 Å². The number of halogens is 1. The first kappa shape index (κ1) is 26.2. The molecule has 0 spiro atoms. The molecule has 1 saturated heterocycles. The summed E-state index contributed by atoms with van der Waals surface area (Å²) >= 11 is 0. The first-order valence-electron chi connectivity index (χ1n) is 14.1. The first-order valence-corrected chi connectivity index (χ1v) is 14.1. The van der Waals surface area contributed by atoms with Crippen LogP contribution in [0.15, 0.2) is 77.8 Å². The second-order valence-corrected chi connectivity index (χ2v) is 10.7. The fraction of sp³-hybridized carbons (Fsp3) is 0.344. The minimum atomic E-state index is -0.435. The van der Waals surface area contributed by atoms with E-state index in [-0.39, 0.29) is 24.1 Å². The lowest BCUT2D eigenvalue weighted by Gasteiger charge is -2.38. The van der Waals surface area contributed by atoms with Crippen molar-refractivity contribution in [3.8, 4) is 0 Å². The maximum Gasteiger partial charge on any atom is 0.252 e. The Hall–Kier alpha value is -4.04. The number of ketones is 1. The lowest BCUT2D eigenvalue weighted by atomic mass is 10.00. The van der Waals surface area contributed by atoms with Crippen LogP contribution in [0.1, 0.15) is 35.2 Å². The van der Waals surface area contributed by atoms with E-state index in [0.717, 1.165) is 51.3 Å². The molecule has 0 N–H and O–H groups in total. The lowest BCUT2D eigenvalue weighted by Crippen LogP contribution is -2.52. The van der Waals surface area contributed by atoms with Gasteiger partial charge < -0.3 is 14.7 Å². The van der Waals surface area contributed by atoms with Gasteiger partial charge in [-0.2, -0.15) is 0 Å². The predicted octanol–water partition coefficient (Wildman–Crippen LogP) is 4.76. The number of hydrogen-bond donors (Lipinski definition) is 0. The second-order valence-electron chi connectivity index (χ2n) is 10.7. The summed E-state index contributed by atoms with van der Waals surface area (Å²) in [5.41, 5.74) is 3.74.